The fourth-order valence-electron chi connectivity index (χ4n) is 2.10. The molecule has 0 aliphatic rings. The van der Waals surface area contributed by atoms with Crippen LogP contribution in [0.4, 0.5) is 10.5 Å². The maximum atomic E-state index is 11.9. The SMILES string of the molecule is COc1cc(CCNC(=O)Nc2cccc(Cl)c2Cl)cc(OC)c1. The van der Waals surface area contributed by atoms with Crippen molar-refractivity contribution in [1.82, 2.24) is 5.32 Å². The normalized spacial score (nSPS) is 10.2. The standard InChI is InChI=1S/C17H18Cl2N2O3/c1-23-12-8-11(9-13(10-12)24-2)6-7-20-17(22)21-15-5-3-4-14(18)16(15)19/h3-5,8-10H,6-7H2,1-2H3,(H2,20,21,22). The first-order valence-electron chi connectivity index (χ1n) is 7.24. The Balaban J connectivity index is 1.90. The molecule has 24 heavy (non-hydrogen) atoms. The lowest BCUT2D eigenvalue weighted by molar-refractivity contribution is 0.252. The van der Waals surface area contributed by atoms with Gasteiger partial charge in [0.05, 0.1) is 30.0 Å². The van der Waals surface area contributed by atoms with E-state index in [0.29, 0.717) is 40.2 Å². The van der Waals surface area contributed by atoms with Gasteiger partial charge >= 0.3 is 6.03 Å². The number of nitrogens with one attached hydrogen (secondary N) is 2. The van der Waals surface area contributed by atoms with E-state index in [1.807, 2.05) is 12.1 Å². The predicted octanol–water partition coefficient (Wildman–Crippen LogP) is 4.37. The molecular weight excluding hydrogens is 351 g/mol. The van der Waals surface area contributed by atoms with Crippen molar-refractivity contribution in [3.63, 3.8) is 0 Å². The van der Waals surface area contributed by atoms with Crippen molar-refractivity contribution < 1.29 is 14.3 Å². The molecule has 5 nitrogen and oxygen atoms in total. The quantitative estimate of drug-likeness (QED) is 0.795. The molecule has 2 aromatic rings. The fraction of sp³-hybridized carbons (Fsp3) is 0.235. The number of carbonyl (C=O) groups excluding carboxylic acids is 1. The highest BCUT2D eigenvalue weighted by Gasteiger charge is 2.08. The van der Waals surface area contributed by atoms with Gasteiger partial charge in [-0.1, -0.05) is 29.3 Å². The molecular formula is C17H18Cl2N2O3. The van der Waals surface area contributed by atoms with Gasteiger partial charge in [0.2, 0.25) is 0 Å². The molecule has 2 N–H and O–H groups in total. The van der Waals surface area contributed by atoms with Crippen LogP contribution in [0.3, 0.4) is 0 Å². The van der Waals surface area contributed by atoms with Crippen LogP contribution in [-0.4, -0.2) is 26.8 Å². The first-order chi connectivity index (χ1) is 11.5. The van der Waals surface area contributed by atoms with Crippen LogP contribution in [0.5, 0.6) is 11.5 Å². The van der Waals surface area contributed by atoms with E-state index in [2.05, 4.69) is 10.6 Å². The number of carbonyl (C=O) groups is 1. The van der Waals surface area contributed by atoms with Crippen LogP contribution in [-0.2, 0) is 6.42 Å². The molecule has 0 aliphatic carbocycles. The first-order valence-corrected chi connectivity index (χ1v) is 8.00. The van der Waals surface area contributed by atoms with Crippen molar-refractivity contribution in [3.05, 3.63) is 52.0 Å². The third-order valence-corrected chi connectivity index (χ3v) is 4.13. The third kappa shape index (κ3) is 4.94. The summed E-state index contributed by atoms with van der Waals surface area (Å²) in [5.41, 5.74) is 1.46. The average Bonchev–Trinajstić information content (AvgIpc) is 2.58. The van der Waals surface area contributed by atoms with Gasteiger partial charge in [-0.2, -0.15) is 0 Å². The summed E-state index contributed by atoms with van der Waals surface area (Å²) in [5, 5.41) is 6.13. The summed E-state index contributed by atoms with van der Waals surface area (Å²) in [6.45, 7) is 0.445. The highest BCUT2D eigenvalue weighted by molar-refractivity contribution is 6.43. The van der Waals surface area contributed by atoms with Crippen LogP contribution in [0, 0.1) is 0 Å². The Morgan fingerprint density at radius 3 is 2.38 bits per heavy atom. The molecule has 0 bridgehead atoms. The van der Waals surface area contributed by atoms with E-state index < -0.39 is 0 Å². The number of hydrogen-bond donors (Lipinski definition) is 2. The zero-order chi connectivity index (χ0) is 17.5. The van der Waals surface area contributed by atoms with E-state index in [1.54, 1.807) is 38.5 Å². The second-order valence-corrected chi connectivity index (χ2v) is 5.74. The summed E-state index contributed by atoms with van der Waals surface area (Å²) in [6, 6.07) is 10.3. The van der Waals surface area contributed by atoms with Crippen molar-refractivity contribution in [3.8, 4) is 11.5 Å². The zero-order valence-electron chi connectivity index (χ0n) is 13.4. The van der Waals surface area contributed by atoms with E-state index in [1.165, 1.54) is 0 Å². The van der Waals surface area contributed by atoms with Gasteiger partial charge in [-0.25, -0.2) is 4.79 Å². The Hall–Kier alpha value is -2.11. The lowest BCUT2D eigenvalue weighted by atomic mass is 10.1. The van der Waals surface area contributed by atoms with Crippen LogP contribution in [0.15, 0.2) is 36.4 Å². The topological polar surface area (TPSA) is 59.6 Å². The molecule has 0 saturated carbocycles. The minimum atomic E-state index is -0.353. The highest BCUT2D eigenvalue weighted by Crippen LogP contribution is 2.29. The average molecular weight is 369 g/mol. The highest BCUT2D eigenvalue weighted by atomic mass is 35.5. The Kier molecular flexibility index (Phi) is 6.58. The van der Waals surface area contributed by atoms with Gasteiger partial charge in [-0.15, -0.1) is 0 Å². The van der Waals surface area contributed by atoms with E-state index in [0.717, 1.165) is 5.56 Å². The van der Waals surface area contributed by atoms with Gasteiger partial charge in [0.1, 0.15) is 11.5 Å². The molecule has 0 aromatic heterocycles. The van der Waals surface area contributed by atoms with Gasteiger partial charge in [-0.3, -0.25) is 0 Å². The van der Waals surface area contributed by atoms with Gasteiger partial charge in [0, 0.05) is 12.6 Å². The van der Waals surface area contributed by atoms with Crippen LogP contribution < -0.4 is 20.1 Å². The molecule has 0 fully saturated rings. The van der Waals surface area contributed by atoms with Crippen molar-refractivity contribution in [1.29, 1.82) is 0 Å². The third-order valence-electron chi connectivity index (χ3n) is 3.31. The number of benzene rings is 2. The molecule has 0 spiro atoms. The number of rotatable bonds is 6. The van der Waals surface area contributed by atoms with Crippen molar-refractivity contribution in [2.75, 3.05) is 26.1 Å². The number of halogens is 2. The molecule has 2 rings (SSSR count). The number of urea groups is 1. The largest absolute Gasteiger partial charge is 0.497 e. The van der Waals surface area contributed by atoms with Crippen LogP contribution in [0.25, 0.3) is 0 Å². The first kappa shape index (κ1) is 18.2. The van der Waals surface area contributed by atoms with E-state index in [9.17, 15) is 4.79 Å². The maximum Gasteiger partial charge on any atom is 0.319 e. The van der Waals surface area contributed by atoms with Gasteiger partial charge in [-0.05, 0) is 36.2 Å². The number of amides is 2. The van der Waals surface area contributed by atoms with E-state index in [4.69, 9.17) is 32.7 Å². The summed E-state index contributed by atoms with van der Waals surface area (Å²) >= 11 is 11.9. The minimum absolute atomic E-state index is 0.312. The predicted molar refractivity (Wildman–Crippen MR) is 96.7 cm³/mol. The van der Waals surface area contributed by atoms with Crippen LogP contribution in [0.1, 0.15) is 5.56 Å². The molecule has 128 valence electrons. The number of ether oxygens (including phenoxy) is 2. The van der Waals surface area contributed by atoms with Gasteiger partial charge in [0.15, 0.2) is 0 Å². The Bertz CT molecular complexity index is 701. The second-order valence-electron chi connectivity index (χ2n) is 4.95. The van der Waals surface area contributed by atoms with Crippen LogP contribution in [0.2, 0.25) is 10.0 Å². The molecule has 0 aliphatic heterocycles. The molecule has 0 radical (unpaired) electrons. The molecule has 2 amide bonds. The van der Waals surface area contributed by atoms with Gasteiger partial charge < -0.3 is 20.1 Å². The second kappa shape index (κ2) is 8.66. The molecule has 0 heterocycles. The number of hydrogen-bond acceptors (Lipinski definition) is 3. The Labute approximate surface area is 150 Å². The summed E-state index contributed by atoms with van der Waals surface area (Å²) in [5.74, 6) is 1.42. The Morgan fingerprint density at radius 1 is 1.08 bits per heavy atom. The van der Waals surface area contributed by atoms with Crippen molar-refractivity contribution in [2.24, 2.45) is 0 Å². The monoisotopic (exact) mass is 368 g/mol. The molecule has 0 saturated heterocycles. The summed E-state index contributed by atoms with van der Waals surface area (Å²) in [4.78, 5) is 11.9. The van der Waals surface area contributed by atoms with Crippen molar-refractivity contribution in [2.45, 2.75) is 6.42 Å². The minimum Gasteiger partial charge on any atom is -0.497 e. The van der Waals surface area contributed by atoms with Crippen molar-refractivity contribution >= 4 is 34.9 Å². The fourth-order valence-corrected chi connectivity index (χ4v) is 2.45. The summed E-state index contributed by atoms with van der Waals surface area (Å²) < 4.78 is 10.4. The number of anilines is 1. The molecule has 7 heteroatoms. The molecule has 2 aromatic carbocycles. The van der Waals surface area contributed by atoms with E-state index >= 15 is 0 Å². The molecule has 0 atom stereocenters. The van der Waals surface area contributed by atoms with Gasteiger partial charge in [0.25, 0.3) is 0 Å². The van der Waals surface area contributed by atoms with Crippen LogP contribution >= 0.6 is 23.2 Å². The summed E-state index contributed by atoms with van der Waals surface area (Å²) in [7, 11) is 3.19. The van der Waals surface area contributed by atoms with E-state index in [-0.39, 0.29) is 6.03 Å². The smallest absolute Gasteiger partial charge is 0.319 e. The zero-order valence-corrected chi connectivity index (χ0v) is 14.9. The number of methoxy groups -OCH3 is 2. The summed E-state index contributed by atoms with van der Waals surface area (Å²) in [6.07, 6.45) is 0.629. The lowest BCUT2D eigenvalue weighted by Gasteiger charge is -2.11. The molecule has 0 unspecified atom stereocenters. The maximum absolute atomic E-state index is 11.9. The lowest BCUT2D eigenvalue weighted by Crippen LogP contribution is -2.30. The Morgan fingerprint density at radius 2 is 1.75 bits per heavy atom.